The third-order valence-electron chi connectivity index (χ3n) is 1.01. The van der Waals surface area contributed by atoms with Crippen LogP contribution in [0.15, 0.2) is 37.4 Å². The van der Waals surface area contributed by atoms with Crippen molar-refractivity contribution < 1.29 is 0 Å². The van der Waals surface area contributed by atoms with E-state index < -0.39 is 0 Å². The minimum atomic E-state index is 0.801. The van der Waals surface area contributed by atoms with Crippen molar-refractivity contribution in [3.05, 3.63) is 48.0 Å². The van der Waals surface area contributed by atoms with Crippen LogP contribution in [0.1, 0.15) is 5.56 Å². The van der Waals surface area contributed by atoms with Crippen molar-refractivity contribution in [2.24, 2.45) is 0 Å². The zero-order valence-corrected chi connectivity index (χ0v) is 6.86. The number of rotatable bonds is 0. The number of aryl methyl sites for hydroxylation is 1. The van der Waals surface area contributed by atoms with E-state index in [9.17, 15) is 0 Å². The molecule has 0 saturated carbocycles. The van der Waals surface area contributed by atoms with E-state index in [1.807, 2.05) is 31.2 Å². The van der Waals surface area contributed by atoms with Crippen molar-refractivity contribution in [1.82, 2.24) is 0 Å². The fraction of sp³-hybridized carbons (Fsp3) is 0.111. The van der Waals surface area contributed by atoms with Crippen molar-refractivity contribution >= 4 is 11.6 Å². The smallest absolute Gasteiger partial charge is 0.0406 e. The summed E-state index contributed by atoms with van der Waals surface area (Å²) in [6, 6.07) is 7.75. The molecule has 0 fully saturated rings. The highest BCUT2D eigenvalue weighted by molar-refractivity contribution is 6.30. The molecule has 0 radical (unpaired) electrons. The Hall–Kier alpha value is -0.750. The molecule has 0 aliphatic heterocycles. The van der Waals surface area contributed by atoms with E-state index in [0.717, 1.165) is 5.02 Å². The zero-order chi connectivity index (χ0) is 7.98. The monoisotopic (exact) mass is 154 g/mol. The number of hydrogen-bond acceptors (Lipinski definition) is 0. The van der Waals surface area contributed by atoms with Gasteiger partial charge in [0.2, 0.25) is 0 Å². The van der Waals surface area contributed by atoms with Crippen molar-refractivity contribution in [2.45, 2.75) is 6.92 Å². The number of hydrogen-bond donors (Lipinski definition) is 0. The first-order valence-corrected chi connectivity index (χ1v) is 3.39. The zero-order valence-electron chi connectivity index (χ0n) is 6.10. The van der Waals surface area contributed by atoms with E-state index in [0.29, 0.717) is 0 Å². The van der Waals surface area contributed by atoms with Gasteiger partial charge in [0.25, 0.3) is 0 Å². The minimum Gasteiger partial charge on any atom is -0.106 e. The van der Waals surface area contributed by atoms with Crippen LogP contribution in [0, 0.1) is 6.92 Å². The van der Waals surface area contributed by atoms with Gasteiger partial charge < -0.3 is 0 Å². The van der Waals surface area contributed by atoms with Crippen LogP contribution in [-0.4, -0.2) is 0 Å². The van der Waals surface area contributed by atoms with Gasteiger partial charge in [0.15, 0.2) is 0 Å². The highest BCUT2D eigenvalue weighted by Gasteiger charge is 1.81. The quantitative estimate of drug-likeness (QED) is 0.502. The molecule has 10 heavy (non-hydrogen) atoms. The van der Waals surface area contributed by atoms with E-state index in [2.05, 4.69) is 13.2 Å². The highest BCUT2D eigenvalue weighted by atomic mass is 35.5. The topological polar surface area (TPSA) is 0 Å². The van der Waals surface area contributed by atoms with Gasteiger partial charge in [-0.15, -0.1) is 13.2 Å². The second kappa shape index (κ2) is 5.07. The molecule has 0 unspecified atom stereocenters. The second-order valence-corrected chi connectivity index (χ2v) is 2.23. The van der Waals surface area contributed by atoms with Crippen LogP contribution in [0.4, 0.5) is 0 Å². The molecule has 0 saturated heterocycles. The normalized spacial score (nSPS) is 7.80. The average molecular weight is 155 g/mol. The summed E-state index contributed by atoms with van der Waals surface area (Å²) in [5.74, 6) is 0. The van der Waals surface area contributed by atoms with Gasteiger partial charge in [-0.3, -0.25) is 0 Å². The predicted molar refractivity (Wildman–Crippen MR) is 47.4 cm³/mol. The van der Waals surface area contributed by atoms with Crippen molar-refractivity contribution in [1.29, 1.82) is 0 Å². The average Bonchev–Trinajstić information content (AvgIpc) is 2.00. The fourth-order valence-corrected chi connectivity index (χ4v) is 0.659. The molecule has 0 bridgehead atoms. The molecular formula is C9H11Cl. The van der Waals surface area contributed by atoms with Crippen LogP contribution in [0.3, 0.4) is 0 Å². The van der Waals surface area contributed by atoms with Gasteiger partial charge in [-0.25, -0.2) is 0 Å². The Labute approximate surface area is 67.1 Å². The molecular weight excluding hydrogens is 144 g/mol. The SMILES string of the molecule is C=C.Cc1ccc(Cl)cc1. The van der Waals surface area contributed by atoms with Crippen LogP contribution in [0.5, 0.6) is 0 Å². The third-order valence-corrected chi connectivity index (χ3v) is 1.26. The van der Waals surface area contributed by atoms with Crippen molar-refractivity contribution in [3.8, 4) is 0 Å². The highest BCUT2D eigenvalue weighted by Crippen LogP contribution is 2.07. The summed E-state index contributed by atoms with van der Waals surface area (Å²) >= 11 is 5.61. The molecule has 0 aliphatic carbocycles. The first-order chi connectivity index (χ1) is 4.79. The molecule has 54 valence electrons. The van der Waals surface area contributed by atoms with Gasteiger partial charge in [0.1, 0.15) is 0 Å². The standard InChI is InChI=1S/C7H7Cl.C2H4/c1-6-2-4-7(8)5-3-6;1-2/h2-5H,1H3;1-2H2. The Morgan fingerprint density at radius 3 is 1.80 bits per heavy atom. The van der Waals surface area contributed by atoms with Crippen molar-refractivity contribution in [2.75, 3.05) is 0 Å². The summed E-state index contributed by atoms with van der Waals surface area (Å²) in [7, 11) is 0. The summed E-state index contributed by atoms with van der Waals surface area (Å²) in [4.78, 5) is 0. The van der Waals surface area contributed by atoms with Crippen LogP contribution < -0.4 is 0 Å². The lowest BCUT2D eigenvalue weighted by molar-refractivity contribution is 1.48. The Morgan fingerprint density at radius 1 is 1.10 bits per heavy atom. The number of halogens is 1. The largest absolute Gasteiger partial charge is 0.106 e. The summed E-state index contributed by atoms with van der Waals surface area (Å²) in [6.45, 7) is 8.04. The Bertz CT molecular complexity index is 155. The van der Waals surface area contributed by atoms with E-state index >= 15 is 0 Å². The van der Waals surface area contributed by atoms with Gasteiger partial charge in [-0.2, -0.15) is 0 Å². The van der Waals surface area contributed by atoms with E-state index in [-0.39, 0.29) is 0 Å². The molecule has 0 nitrogen and oxygen atoms in total. The molecule has 0 spiro atoms. The van der Waals surface area contributed by atoms with E-state index in [1.165, 1.54) is 5.56 Å². The third kappa shape index (κ3) is 3.31. The van der Waals surface area contributed by atoms with E-state index in [1.54, 1.807) is 0 Å². The van der Waals surface area contributed by atoms with Gasteiger partial charge in [-0.1, -0.05) is 29.3 Å². The lowest BCUT2D eigenvalue weighted by Gasteiger charge is -1.88. The predicted octanol–water partition coefficient (Wildman–Crippen LogP) is 3.45. The molecule has 0 atom stereocenters. The first-order valence-electron chi connectivity index (χ1n) is 3.01. The Balaban J connectivity index is 0.000000371. The Morgan fingerprint density at radius 2 is 1.50 bits per heavy atom. The van der Waals surface area contributed by atoms with Crippen LogP contribution in [0.25, 0.3) is 0 Å². The minimum absolute atomic E-state index is 0.801. The maximum absolute atomic E-state index is 5.61. The van der Waals surface area contributed by atoms with Gasteiger partial charge in [-0.05, 0) is 19.1 Å². The lowest BCUT2D eigenvalue weighted by Crippen LogP contribution is -1.66. The molecule has 0 N–H and O–H groups in total. The maximum Gasteiger partial charge on any atom is 0.0406 e. The molecule has 0 heterocycles. The maximum atomic E-state index is 5.61. The lowest BCUT2D eigenvalue weighted by atomic mass is 10.2. The second-order valence-electron chi connectivity index (χ2n) is 1.80. The summed E-state index contributed by atoms with van der Waals surface area (Å²) in [6.07, 6.45) is 0. The molecule has 1 heteroatoms. The number of benzene rings is 1. The van der Waals surface area contributed by atoms with Gasteiger partial charge >= 0.3 is 0 Å². The van der Waals surface area contributed by atoms with Crippen LogP contribution in [0.2, 0.25) is 5.02 Å². The first kappa shape index (κ1) is 9.25. The molecule has 1 aromatic carbocycles. The molecule has 0 aliphatic rings. The van der Waals surface area contributed by atoms with Crippen molar-refractivity contribution in [3.63, 3.8) is 0 Å². The van der Waals surface area contributed by atoms with Crippen LogP contribution in [-0.2, 0) is 0 Å². The fourth-order valence-electron chi connectivity index (χ4n) is 0.533. The molecule has 0 amide bonds. The molecule has 0 aromatic heterocycles. The molecule has 1 aromatic rings. The summed E-state index contributed by atoms with van der Waals surface area (Å²) in [5, 5.41) is 0.801. The summed E-state index contributed by atoms with van der Waals surface area (Å²) in [5.41, 5.74) is 1.24. The molecule has 1 rings (SSSR count). The van der Waals surface area contributed by atoms with Gasteiger partial charge in [0, 0.05) is 5.02 Å². The van der Waals surface area contributed by atoms with E-state index in [4.69, 9.17) is 11.6 Å². The Kier molecular flexibility index (Phi) is 4.69. The summed E-state index contributed by atoms with van der Waals surface area (Å²) < 4.78 is 0. The van der Waals surface area contributed by atoms with Gasteiger partial charge in [0.05, 0.1) is 0 Å². The van der Waals surface area contributed by atoms with Crippen LogP contribution >= 0.6 is 11.6 Å².